The molecular weight excluding hydrogens is 390 g/mol. The van der Waals surface area contributed by atoms with Crippen LogP contribution < -0.4 is 0 Å². The SMILES string of the molecule is CC(C)N(Cc1ccccc1)C(=O)COC(=O)c1cc(C2CC2)nn1-c1ccccc1. The fourth-order valence-corrected chi connectivity index (χ4v) is 3.51. The summed E-state index contributed by atoms with van der Waals surface area (Å²) in [6.45, 7) is 4.08. The van der Waals surface area contributed by atoms with Gasteiger partial charge in [0.15, 0.2) is 12.3 Å². The number of carbonyl (C=O) groups is 2. The number of ether oxygens (including phenoxy) is 1. The lowest BCUT2D eigenvalue weighted by Gasteiger charge is -2.26. The highest BCUT2D eigenvalue weighted by molar-refractivity contribution is 5.90. The van der Waals surface area contributed by atoms with Gasteiger partial charge in [0.05, 0.1) is 11.4 Å². The summed E-state index contributed by atoms with van der Waals surface area (Å²) in [7, 11) is 0. The second-order valence-electron chi connectivity index (χ2n) is 8.15. The van der Waals surface area contributed by atoms with Crippen molar-refractivity contribution in [2.24, 2.45) is 0 Å². The van der Waals surface area contributed by atoms with E-state index in [2.05, 4.69) is 5.10 Å². The molecule has 2 aromatic carbocycles. The molecular formula is C25H27N3O3. The predicted molar refractivity (Wildman–Crippen MR) is 118 cm³/mol. The number of esters is 1. The number of rotatable bonds is 8. The van der Waals surface area contributed by atoms with Crippen molar-refractivity contribution in [3.05, 3.63) is 83.7 Å². The van der Waals surface area contributed by atoms with Crippen molar-refractivity contribution in [3.8, 4) is 5.69 Å². The van der Waals surface area contributed by atoms with E-state index >= 15 is 0 Å². The van der Waals surface area contributed by atoms with Crippen molar-refractivity contribution in [2.75, 3.05) is 6.61 Å². The van der Waals surface area contributed by atoms with Gasteiger partial charge in [0, 0.05) is 18.5 Å². The van der Waals surface area contributed by atoms with Crippen LogP contribution in [0.25, 0.3) is 5.69 Å². The third-order valence-corrected chi connectivity index (χ3v) is 5.40. The average Bonchev–Trinajstić information content (AvgIpc) is 3.55. The minimum Gasteiger partial charge on any atom is -0.451 e. The molecule has 0 aliphatic heterocycles. The molecule has 0 radical (unpaired) electrons. The molecule has 1 aromatic heterocycles. The molecule has 1 fully saturated rings. The van der Waals surface area contributed by atoms with Crippen molar-refractivity contribution in [1.29, 1.82) is 0 Å². The minimum atomic E-state index is -0.542. The van der Waals surface area contributed by atoms with Crippen LogP contribution in [-0.2, 0) is 16.1 Å². The summed E-state index contributed by atoms with van der Waals surface area (Å²) in [5.74, 6) is -0.360. The smallest absolute Gasteiger partial charge is 0.357 e. The molecule has 0 atom stereocenters. The minimum absolute atomic E-state index is 0.0114. The summed E-state index contributed by atoms with van der Waals surface area (Å²) >= 11 is 0. The molecule has 1 saturated carbocycles. The van der Waals surface area contributed by atoms with E-state index in [1.807, 2.05) is 74.5 Å². The van der Waals surface area contributed by atoms with E-state index in [-0.39, 0.29) is 18.6 Å². The Morgan fingerprint density at radius 3 is 2.32 bits per heavy atom. The molecule has 160 valence electrons. The highest BCUT2D eigenvalue weighted by Crippen LogP contribution is 2.39. The maximum Gasteiger partial charge on any atom is 0.357 e. The van der Waals surface area contributed by atoms with Gasteiger partial charge in [-0.15, -0.1) is 0 Å². The highest BCUT2D eigenvalue weighted by Gasteiger charge is 2.30. The summed E-state index contributed by atoms with van der Waals surface area (Å²) in [5, 5.41) is 4.63. The Kier molecular flexibility index (Phi) is 6.16. The van der Waals surface area contributed by atoms with Gasteiger partial charge in [-0.25, -0.2) is 9.48 Å². The number of carbonyl (C=O) groups excluding carboxylic acids is 2. The molecule has 1 aliphatic carbocycles. The molecule has 31 heavy (non-hydrogen) atoms. The van der Waals surface area contributed by atoms with Crippen LogP contribution in [0.4, 0.5) is 0 Å². The van der Waals surface area contributed by atoms with Gasteiger partial charge in [0.1, 0.15) is 0 Å². The van der Waals surface area contributed by atoms with E-state index in [4.69, 9.17) is 4.74 Å². The van der Waals surface area contributed by atoms with Crippen molar-refractivity contribution in [2.45, 2.75) is 45.2 Å². The number of hydrogen-bond acceptors (Lipinski definition) is 4. The van der Waals surface area contributed by atoms with Crippen LogP contribution in [0.15, 0.2) is 66.7 Å². The molecule has 0 N–H and O–H groups in total. The first-order valence-electron chi connectivity index (χ1n) is 10.7. The first kappa shape index (κ1) is 20.8. The number of aromatic nitrogens is 2. The highest BCUT2D eigenvalue weighted by atomic mass is 16.5. The largest absolute Gasteiger partial charge is 0.451 e. The molecule has 1 heterocycles. The Bertz CT molecular complexity index is 1040. The standard InChI is InChI=1S/C25H27N3O3/c1-18(2)27(16-19-9-5-3-6-10-19)24(29)17-31-25(30)23-15-22(20-13-14-20)26-28(23)21-11-7-4-8-12-21/h3-12,15,18,20H,13-14,16-17H2,1-2H3. The first-order chi connectivity index (χ1) is 15.0. The molecule has 0 spiro atoms. The molecule has 4 rings (SSSR count). The monoisotopic (exact) mass is 417 g/mol. The lowest BCUT2D eigenvalue weighted by Crippen LogP contribution is -2.39. The van der Waals surface area contributed by atoms with Crippen molar-refractivity contribution >= 4 is 11.9 Å². The number of benzene rings is 2. The van der Waals surface area contributed by atoms with Gasteiger partial charge >= 0.3 is 5.97 Å². The van der Waals surface area contributed by atoms with E-state index in [0.717, 1.165) is 29.8 Å². The van der Waals surface area contributed by atoms with Gasteiger partial charge < -0.3 is 9.64 Å². The Morgan fingerprint density at radius 2 is 1.71 bits per heavy atom. The van der Waals surface area contributed by atoms with Crippen molar-refractivity contribution in [3.63, 3.8) is 0 Å². The number of amides is 1. The van der Waals surface area contributed by atoms with E-state index in [1.165, 1.54) is 0 Å². The molecule has 1 aliphatic rings. The van der Waals surface area contributed by atoms with E-state index < -0.39 is 5.97 Å². The van der Waals surface area contributed by atoms with Gasteiger partial charge in [-0.2, -0.15) is 5.10 Å². The average molecular weight is 418 g/mol. The first-order valence-corrected chi connectivity index (χ1v) is 10.7. The van der Waals surface area contributed by atoms with Crippen LogP contribution in [0.3, 0.4) is 0 Å². The zero-order valence-corrected chi connectivity index (χ0v) is 17.9. The Balaban J connectivity index is 1.47. The zero-order valence-electron chi connectivity index (χ0n) is 17.9. The molecule has 3 aromatic rings. The number of hydrogen-bond donors (Lipinski definition) is 0. The van der Waals surface area contributed by atoms with Crippen molar-refractivity contribution < 1.29 is 14.3 Å². The fraction of sp³-hybridized carbons (Fsp3) is 0.320. The molecule has 0 bridgehead atoms. The van der Waals surface area contributed by atoms with Gasteiger partial charge in [-0.05, 0) is 50.5 Å². The predicted octanol–water partition coefficient (Wildman–Crippen LogP) is 4.34. The number of nitrogens with zero attached hydrogens (tertiary/aromatic N) is 3. The van der Waals surface area contributed by atoms with Crippen LogP contribution in [0.2, 0.25) is 0 Å². The maximum atomic E-state index is 12.9. The van der Waals surface area contributed by atoms with Gasteiger partial charge in [0.25, 0.3) is 5.91 Å². The van der Waals surface area contributed by atoms with Crippen molar-refractivity contribution in [1.82, 2.24) is 14.7 Å². The second kappa shape index (κ2) is 9.16. The third-order valence-electron chi connectivity index (χ3n) is 5.40. The Morgan fingerprint density at radius 1 is 1.06 bits per heavy atom. The normalized spacial score (nSPS) is 13.3. The van der Waals surface area contributed by atoms with Gasteiger partial charge in [-0.1, -0.05) is 48.5 Å². The van der Waals surface area contributed by atoms with Crippen LogP contribution in [-0.4, -0.2) is 39.2 Å². The molecule has 6 nitrogen and oxygen atoms in total. The van der Waals surface area contributed by atoms with E-state index in [9.17, 15) is 9.59 Å². The summed E-state index contributed by atoms with van der Waals surface area (Å²) in [4.78, 5) is 27.4. The zero-order chi connectivity index (χ0) is 21.8. The molecule has 0 unspecified atom stereocenters. The van der Waals surface area contributed by atoms with Crippen LogP contribution in [0.5, 0.6) is 0 Å². The molecule has 0 saturated heterocycles. The summed E-state index contributed by atoms with van der Waals surface area (Å²) in [5.41, 5.74) is 3.07. The van der Waals surface area contributed by atoms with Crippen LogP contribution in [0.1, 0.15) is 54.4 Å². The lowest BCUT2D eigenvalue weighted by atomic mass is 10.2. The quantitative estimate of drug-likeness (QED) is 0.512. The summed E-state index contributed by atoms with van der Waals surface area (Å²) in [6, 6.07) is 21.1. The Labute approximate surface area is 182 Å². The van der Waals surface area contributed by atoms with E-state index in [1.54, 1.807) is 15.6 Å². The van der Waals surface area contributed by atoms with Gasteiger partial charge in [0.2, 0.25) is 0 Å². The maximum absolute atomic E-state index is 12.9. The van der Waals surface area contributed by atoms with E-state index in [0.29, 0.717) is 18.2 Å². The number of para-hydroxylation sites is 1. The van der Waals surface area contributed by atoms with Crippen LogP contribution in [0, 0.1) is 0 Å². The Hall–Kier alpha value is -3.41. The fourth-order valence-electron chi connectivity index (χ4n) is 3.51. The topological polar surface area (TPSA) is 64.4 Å². The molecule has 6 heteroatoms. The summed E-state index contributed by atoms with van der Waals surface area (Å²) < 4.78 is 7.06. The lowest BCUT2D eigenvalue weighted by molar-refractivity contribution is -0.136. The van der Waals surface area contributed by atoms with Crippen LogP contribution >= 0.6 is 0 Å². The third kappa shape index (κ3) is 5.02. The molecule has 1 amide bonds. The summed E-state index contributed by atoms with van der Waals surface area (Å²) in [6.07, 6.45) is 2.17. The second-order valence-corrected chi connectivity index (χ2v) is 8.15. The van der Waals surface area contributed by atoms with Gasteiger partial charge in [-0.3, -0.25) is 4.79 Å².